The van der Waals surface area contributed by atoms with Gasteiger partial charge >= 0.3 is 0 Å². The molecule has 0 fully saturated rings. The summed E-state index contributed by atoms with van der Waals surface area (Å²) < 4.78 is 9.86. The molecule has 1 aromatic rings. The SMILES string of the molecule is COCO[13c]1[13cH][13cH][13cH][13cH][13cH]1. The Hall–Kier alpha value is -1.02. The lowest BCUT2D eigenvalue weighted by Gasteiger charge is -2.01. The lowest BCUT2D eigenvalue weighted by molar-refractivity contribution is 0.0511. The van der Waals surface area contributed by atoms with Crippen molar-refractivity contribution in [2.45, 2.75) is 0 Å². The van der Waals surface area contributed by atoms with Crippen LogP contribution in [0.5, 0.6) is 5.75 Å². The minimum atomic E-state index is 0.310. The quantitative estimate of drug-likeness (QED) is 0.601. The molecule has 0 aromatic heterocycles. The zero-order valence-electron chi connectivity index (χ0n) is 5.91. The van der Waals surface area contributed by atoms with E-state index in [1.165, 1.54) is 0 Å². The minimum absolute atomic E-state index is 0.310. The number of benzene rings is 1. The second-order valence-corrected chi connectivity index (χ2v) is 1.86. The second kappa shape index (κ2) is 3.90. The first-order valence-corrected chi connectivity index (χ1v) is 3.10. The molecule has 1 aromatic carbocycles. The summed E-state index contributed by atoms with van der Waals surface area (Å²) in [7, 11) is 1.60. The number of methoxy groups -OCH3 is 1. The highest BCUT2D eigenvalue weighted by molar-refractivity contribution is 5.20. The van der Waals surface area contributed by atoms with E-state index in [4.69, 9.17) is 9.47 Å². The van der Waals surface area contributed by atoms with Gasteiger partial charge in [0.25, 0.3) is 0 Å². The van der Waals surface area contributed by atoms with Crippen molar-refractivity contribution < 1.29 is 9.47 Å². The van der Waals surface area contributed by atoms with Crippen LogP contribution in [-0.2, 0) is 4.74 Å². The smallest absolute Gasteiger partial charge is 0.188 e. The summed E-state index contributed by atoms with van der Waals surface area (Å²) in [4.78, 5) is 0. The minimum Gasteiger partial charge on any atom is -0.468 e. The van der Waals surface area contributed by atoms with Crippen molar-refractivity contribution in [3.63, 3.8) is 0 Å². The number of hydrogen-bond donors (Lipinski definition) is 0. The molecular formula is C8H10O2. The maximum atomic E-state index is 5.13. The van der Waals surface area contributed by atoms with Crippen LogP contribution in [0.15, 0.2) is 30.3 Å². The largest absolute Gasteiger partial charge is 0.468 e. The summed E-state index contributed by atoms with van der Waals surface area (Å²) in [6.45, 7) is 0.310. The first kappa shape index (κ1) is 7.09. The van der Waals surface area contributed by atoms with E-state index in [9.17, 15) is 0 Å². The van der Waals surface area contributed by atoms with Crippen LogP contribution in [0.1, 0.15) is 0 Å². The fourth-order valence-electron chi connectivity index (χ4n) is 0.644. The number of rotatable bonds is 3. The summed E-state index contributed by atoms with van der Waals surface area (Å²) in [6.07, 6.45) is 0. The van der Waals surface area contributed by atoms with Gasteiger partial charge in [-0.2, -0.15) is 0 Å². The third-order valence-electron chi connectivity index (χ3n) is 1.09. The number of hydrogen-bond acceptors (Lipinski definition) is 2. The summed E-state index contributed by atoms with van der Waals surface area (Å²) in [5.74, 6) is 0.837. The zero-order valence-corrected chi connectivity index (χ0v) is 5.91. The molecule has 0 aliphatic carbocycles. The summed E-state index contributed by atoms with van der Waals surface area (Å²) in [5, 5.41) is 0. The Kier molecular flexibility index (Phi) is 2.77. The molecule has 0 atom stereocenters. The van der Waals surface area contributed by atoms with Crippen LogP contribution in [0.3, 0.4) is 0 Å². The van der Waals surface area contributed by atoms with Gasteiger partial charge in [-0.15, -0.1) is 0 Å². The van der Waals surface area contributed by atoms with Gasteiger partial charge in [0.2, 0.25) is 0 Å². The van der Waals surface area contributed by atoms with Gasteiger partial charge in [-0.05, 0) is 12.1 Å². The predicted molar refractivity (Wildman–Crippen MR) is 38.9 cm³/mol. The molecule has 0 spiro atoms. The Balaban J connectivity index is 2.43. The number of ether oxygens (including phenoxy) is 2. The molecule has 0 aliphatic rings. The zero-order chi connectivity index (χ0) is 7.23. The summed E-state index contributed by atoms with van der Waals surface area (Å²) in [6, 6.07) is 9.56. The Morgan fingerprint density at radius 3 is 2.50 bits per heavy atom. The molecule has 2 heteroatoms. The maximum Gasteiger partial charge on any atom is 0.188 e. The summed E-state index contributed by atoms with van der Waals surface area (Å²) in [5.41, 5.74) is 0. The Bertz CT molecular complexity index is 172. The molecule has 0 aliphatic heterocycles. The van der Waals surface area contributed by atoms with Gasteiger partial charge in [-0.3, -0.25) is 0 Å². The van der Waals surface area contributed by atoms with Crippen LogP contribution >= 0.6 is 0 Å². The molecule has 54 valence electrons. The van der Waals surface area contributed by atoms with Crippen LogP contribution in [0, 0.1) is 0 Å². The lowest BCUT2D eigenvalue weighted by Crippen LogP contribution is -1.97. The van der Waals surface area contributed by atoms with Gasteiger partial charge in [-0.1, -0.05) is 18.2 Å². The number of para-hydroxylation sites is 1. The van der Waals surface area contributed by atoms with Gasteiger partial charge in [0, 0.05) is 7.11 Å². The van der Waals surface area contributed by atoms with Crippen LogP contribution in [0.25, 0.3) is 0 Å². The van der Waals surface area contributed by atoms with Gasteiger partial charge in [0.05, 0.1) is 0 Å². The third kappa shape index (κ3) is 2.07. The molecule has 0 unspecified atom stereocenters. The molecule has 0 saturated heterocycles. The van der Waals surface area contributed by atoms with Crippen LogP contribution < -0.4 is 4.74 Å². The van der Waals surface area contributed by atoms with Crippen molar-refractivity contribution in [3.8, 4) is 5.75 Å². The molecule has 0 saturated carbocycles. The highest BCUT2D eigenvalue weighted by atomic mass is 16.7. The average Bonchev–Trinajstić information content (AvgIpc) is 2.03. The van der Waals surface area contributed by atoms with E-state index in [1.54, 1.807) is 7.11 Å². The molecule has 1 rings (SSSR count). The van der Waals surface area contributed by atoms with E-state index in [1.807, 2.05) is 30.3 Å². The molecule has 2 nitrogen and oxygen atoms in total. The van der Waals surface area contributed by atoms with E-state index in [2.05, 4.69) is 0 Å². The maximum absolute atomic E-state index is 5.13. The summed E-state index contributed by atoms with van der Waals surface area (Å²) >= 11 is 0. The van der Waals surface area contributed by atoms with Crippen LogP contribution in [-0.4, -0.2) is 13.9 Å². The molecule has 0 amide bonds. The average molecular weight is 144 g/mol. The van der Waals surface area contributed by atoms with E-state index < -0.39 is 0 Å². The molecule has 0 N–H and O–H groups in total. The van der Waals surface area contributed by atoms with Crippen molar-refractivity contribution in [1.29, 1.82) is 0 Å². The van der Waals surface area contributed by atoms with Gasteiger partial charge in [-0.25, -0.2) is 0 Å². The third-order valence-corrected chi connectivity index (χ3v) is 1.09. The molecule has 10 heavy (non-hydrogen) atoms. The predicted octanol–water partition coefficient (Wildman–Crippen LogP) is 1.67. The molecule has 0 bridgehead atoms. The first-order chi connectivity index (χ1) is 4.93. The Labute approximate surface area is 60.4 Å². The molecular weight excluding hydrogens is 134 g/mol. The van der Waals surface area contributed by atoms with E-state index in [-0.39, 0.29) is 0 Å². The van der Waals surface area contributed by atoms with E-state index in [0.717, 1.165) is 5.75 Å². The van der Waals surface area contributed by atoms with Crippen molar-refractivity contribution in [3.05, 3.63) is 30.3 Å². The van der Waals surface area contributed by atoms with Crippen molar-refractivity contribution in [2.75, 3.05) is 13.9 Å². The first-order valence-electron chi connectivity index (χ1n) is 3.10. The fourth-order valence-corrected chi connectivity index (χ4v) is 0.644. The van der Waals surface area contributed by atoms with Crippen molar-refractivity contribution in [2.24, 2.45) is 0 Å². The molecule has 0 radical (unpaired) electrons. The van der Waals surface area contributed by atoms with E-state index in [0.29, 0.717) is 6.79 Å². The normalized spacial score (nSPS) is 9.30. The topological polar surface area (TPSA) is 18.5 Å². The van der Waals surface area contributed by atoms with Gasteiger partial charge in [0.15, 0.2) is 6.79 Å². The monoisotopic (exact) mass is 144 g/mol. The van der Waals surface area contributed by atoms with Gasteiger partial charge < -0.3 is 9.47 Å². The highest BCUT2D eigenvalue weighted by Crippen LogP contribution is 2.07. The standard InChI is InChI=1S/C8H10O2/c1-9-7-10-8-5-3-2-4-6-8/h2-6H,7H2,1H3/i2+1,3+1,4+1,5+1,6+1,8+1. The fraction of sp³-hybridized carbons (Fsp3) is 0.250. The van der Waals surface area contributed by atoms with Crippen molar-refractivity contribution in [1.82, 2.24) is 0 Å². The van der Waals surface area contributed by atoms with Gasteiger partial charge in [0.1, 0.15) is 5.75 Å². The highest BCUT2D eigenvalue weighted by Gasteiger charge is 1.86. The Morgan fingerprint density at radius 1 is 1.20 bits per heavy atom. The van der Waals surface area contributed by atoms with Crippen LogP contribution in [0.2, 0.25) is 0 Å². The Morgan fingerprint density at radius 2 is 1.90 bits per heavy atom. The van der Waals surface area contributed by atoms with E-state index >= 15 is 0 Å². The van der Waals surface area contributed by atoms with Crippen molar-refractivity contribution >= 4 is 0 Å². The second-order valence-electron chi connectivity index (χ2n) is 1.86. The molecule has 0 heterocycles. The van der Waals surface area contributed by atoms with Crippen LogP contribution in [0.4, 0.5) is 0 Å². The lowest BCUT2D eigenvalue weighted by atomic mass is 11.3.